The highest BCUT2D eigenvalue weighted by atomic mass is 16.4. The molecule has 3 N–H and O–H groups in total. The standard InChI is InChI=1S/C12H19N3O3/c1-12(2,4-3-11(17)18)5-6-13-9-7-10(16)15-8-14-9/h7-8H,3-6H2,1-2H3,(H,17,18)(H2,13,14,15,16). The molecule has 0 amide bonds. The highest BCUT2D eigenvalue weighted by molar-refractivity contribution is 5.66. The molecule has 1 heterocycles. The van der Waals surface area contributed by atoms with E-state index in [1.54, 1.807) is 0 Å². The van der Waals surface area contributed by atoms with Gasteiger partial charge in [0.05, 0.1) is 6.33 Å². The summed E-state index contributed by atoms with van der Waals surface area (Å²) in [5.41, 5.74) is -0.246. The predicted molar refractivity (Wildman–Crippen MR) is 68.6 cm³/mol. The number of carbonyl (C=O) groups is 1. The average molecular weight is 253 g/mol. The second kappa shape index (κ2) is 6.18. The van der Waals surface area contributed by atoms with Gasteiger partial charge in [0, 0.05) is 19.0 Å². The number of carboxylic acid groups (broad SMARTS) is 1. The zero-order valence-corrected chi connectivity index (χ0v) is 10.7. The Balaban J connectivity index is 2.36. The maximum Gasteiger partial charge on any atom is 0.303 e. The Morgan fingerprint density at radius 1 is 1.50 bits per heavy atom. The Morgan fingerprint density at radius 3 is 2.83 bits per heavy atom. The average Bonchev–Trinajstić information content (AvgIpc) is 2.26. The first-order valence-electron chi connectivity index (χ1n) is 5.89. The minimum Gasteiger partial charge on any atom is -0.481 e. The molecule has 0 fully saturated rings. The maximum atomic E-state index is 11.0. The van der Waals surface area contributed by atoms with Crippen LogP contribution >= 0.6 is 0 Å². The van der Waals surface area contributed by atoms with Crippen molar-refractivity contribution in [2.75, 3.05) is 11.9 Å². The number of hydrogen-bond donors (Lipinski definition) is 3. The van der Waals surface area contributed by atoms with E-state index < -0.39 is 5.97 Å². The molecular formula is C12H19N3O3. The van der Waals surface area contributed by atoms with E-state index in [4.69, 9.17) is 5.11 Å². The molecule has 0 saturated carbocycles. The van der Waals surface area contributed by atoms with Crippen LogP contribution in [-0.4, -0.2) is 27.6 Å². The summed E-state index contributed by atoms with van der Waals surface area (Å²) in [6.07, 6.45) is 2.97. The number of aromatic nitrogens is 2. The third-order valence-electron chi connectivity index (χ3n) is 2.80. The Bertz CT molecular complexity index is 454. The van der Waals surface area contributed by atoms with Gasteiger partial charge in [0.15, 0.2) is 0 Å². The fourth-order valence-electron chi connectivity index (χ4n) is 1.56. The third-order valence-corrected chi connectivity index (χ3v) is 2.80. The van der Waals surface area contributed by atoms with E-state index in [1.807, 2.05) is 13.8 Å². The van der Waals surface area contributed by atoms with E-state index in [1.165, 1.54) is 12.4 Å². The lowest BCUT2D eigenvalue weighted by molar-refractivity contribution is -0.137. The number of aromatic amines is 1. The van der Waals surface area contributed by atoms with Crippen molar-refractivity contribution in [3.63, 3.8) is 0 Å². The van der Waals surface area contributed by atoms with Crippen LogP contribution in [0.5, 0.6) is 0 Å². The predicted octanol–water partition coefficient (Wildman–Crippen LogP) is 1.46. The molecule has 100 valence electrons. The van der Waals surface area contributed by atoms with Crippen molar-refractivity contribution in [2.45, 2.75) is 33.1 Å². The zero-order valence-electron chi connectivity index (χ0n) is 10.7. The first kappa shape index (κ1) is 14.2. The van der Waals surface area contributed by atoms with Gasteiger partial charge in [0.2, 0.25) is 0 Å². The Kier molecular flexibility index (Phi) is 4.88. The number of nitrogens with one attached hydrogen (secondary N) is 2. The van der Waals surface area contributed by atoms with Crippen molar-refractivity contribution < 1.29 is 9.90 Å². The van der Waals surface area contributed by atoms with Gasteiger partial charge in [-0.3, -0.25) is 9.59 Å². The highest BCUT2D eigenvalue weighted by Gasteiger charge is 2.18. The molecule has 0 unspecified atom stereocenters. The van der Waals surface area contributed by atoms with Crippen LogP contribution in [0.4, 0.5) is 5.82 Å². The summed E-state index contributed by atoms with van der Waals surface area (Å²) >= 11 is 0. The summed E-state index contributed by atoms with van der Waals surface area (Å²) in [4.78, 5) is 28.0. The first-order chi connectivity index (χ1) is 8.39. The second-order valence-electron chi connectivity index (χ2n) is 5.03. The molecule has 0 aliphatic carbocycles. The van der Waals surface area contributed by atoms with Crippen molar-refractivity contribution in [2.24, 2.45) is 5.41 Å². The van der Waals surface area contributed by atoms with Crippen LogP contribution in [0.2, 0.25) is 0 Å². The van der Waals surface area contributed by atoms with Gasteiger partial charge in [-0.2, -0.15) is 0 Å². The molecule has 0 bridgehead atoms. The Labute approximate surface area is 105 Å². The topological polar surface area (TPSA) is 95.1 Å². The molecule has 6 heteroatoms. The number of hydrogen-bond acceptors (Lipinski definition) is 4. The van der Waals surface area contributed by atoms with E-state index in [9.17, 15) is 9.59 Å². The molecule has 6 nitrogen and oxygen atoms in total. The zero-order chi connectivity index (χ0) is 13.6. The second-order valence-corrected chi connectivity index (χ2v) is 5.03. The van der Waals surface area contributed by atoms with Crippen molar-refractivity contribution in [1.29, 1.82) is 0 Å². The minimum absolute atomic E-state index is 0.0490. The van der Waals surface area contributed by atoms with Crippen molar-refractivity contribution in [3.05, 3.63) is 22.7 Å². The van der Waals surface area contributed by atoms with E-state index in [0.29, 0.717) is 18.8 Å². The molecule has 0 atom stereocenters. The van der Waals surface area contributed by atoms with Crippen LogP contribution in [0.3, 0.4) is 0 Å². The molecule has 1 aromatic rings. The number of anilines is 1. The van der Waals surface area contributed by atoms with Gasteiger partial charge >= 0.3 is 5.97 Å². The lowest BCUT2D eigenvalue weighted by Gasteiger charge is -2.23. The number of carboxylic acids is 1. The smallest absolute Gasteiger partial charge is 0.303 e. The van der Waals surface area contributed by atoms with E-state index in [0.717, 1.165) is 6.42 Å². The van der Waals surface area contributed by atoms with E-state index in [-0.39, 0.29) is 17.4 Å². The number of H-pyrrole nitrogens is 1. The molecule has 0 aliphatic rings. The van der Waals surface area contributed by atoms with Crippen LogP contribution < -0.4 is 10.9 Å². The maximum absolute atomic E-state index is 11.0. The lowest BCUT2D eigenvalue weighted by atomic mass is 9.84. The van der Waals surface area contributed by atoms with Gasteiger partial charge in [-0.1, -0.05) is 13.8 Å². The molecule has 0 radical (unpaired) electrons. The molecule has 0 aromatic carbocycles. The molecule has 18 heavy (non-hydrogen) atoms. The Hall–Kier alpha value is -1.85. The van der Waals surface area contributed by atoms with E-state index in [2.05, 4.69) is 15.3 Å². The fourth-order valence-corrected chi connectivity index (χ4v) is 1.56. The van der Waals surface area contributed by atoms with E-state index >= 15 is 0 Å². The molecule has 1 rings (SSSR count). The molecule has 0 saturated heterocycles. The molecular weight excluding hydrogens is 234 g/mol. The van der Waals surface area contributed by atoms with Crippen LogP contribution in [0, 0.1) is 5.41 Å². The minimum atomic E-state index is -0.771. The van der Waals surface area contributed by atoms with Gasteiger partial charge in [-0.05, 0) is 18.3 Å². The number of rotatable bonds is 7. The lowest BCUT2D eigenvalue weighted by Crippen LogP contribution is -2.19. The monoisotopic (exact) mass is 253 g/mol. The Morgan fingerprint density at radius 2 is 2.22 bits per heavy atom. The first-order valence-corrected chi connectivity index (χ1v) is 5.89. The summed E-state index contributed by atoms with van der Waals surface area (Å²) in [5, 5.41) is 11.7. The molecule has 0 spiro atoms. The van der Waals surface area contributed by atoms with Crippen LogP contribution in [0.15, 0.2) is 17.2 Å². The number of nitrogens with zero attached hydrogens (tertiary/aromatic N) is 1. The SMILES string of the molecule is CC(C)(CCNc1cc(=O)[nH]cn1)CCC(=O)O. The summed E-state index contributed by atoms with van der Waals surface area (Å²) in [7, 11) is 0. The largest absolute Gasteiger partial charge is 0.481 e. The van der Waals surface area contributed by atoms with Gasteiger partial charge in [-0.25, -0.2) is 4.98 Å². The molecule has 1 aromatic heterocycles. The van der Waals surface area contributed by atoms with Crippen molar-refractivity contribution >= 4 is 11.8 Å². The van der Waals surface area contributed by atoms with Gasteiger partial charge in [-0.15, -0.1) is 0 Å². The van der Waals surface area contributed by atoms with Crippen LogP contribution in [0.25, 0.3) is 0 Å². The quantitative estimate of drug-likeness (QED) is 0.683. The van der Waals surface area contributed by atoms with Crippen molar-refractivity contribution in [3.8, 4) is 0 Å². The summed E-state index contributed by atoms with van der Waals surface area (Å²) in [5.74, 6) is -0.236. The fraction of sp³-hybridized carbons (Fsp3) is 0.583. The normalized spacial score (nSPS) is 11.2. The van der Waals surface area contributed by atoms with Gasteiger partial charge in [0.25, 0.3) is 5.56 Å². The molecule has 0 aliphatic heterocycles. The van der Waals surface area contributed by atoms with Gasteiger partial charge in [0.1, 0.15) is 5.82 Å². The third kappa shape index (κ3) is 5.47. The highest BCUT2D eigenvalue weighted by Crippen LogP contribution is 2.26. The summed E-state index contributed by atoms with van der Waals surface area (Å²) < 4.78 is 0. The summed E-state index contributed by atoms with van der Waals surface area (Å²) in [6, 6.07) is 1.39. The van der Waals surface area contributed by atoms with Crippen LogP contribution in [-0.2, 0) is 4.79 Å². The van der Waals surface area contributed by atoms with Gasteiger partial charge < -0.3 is 15.4 Å². The summed E-state index contributed by atoms with van der Waals surface area (Å²) in [6.45, 7) is 4.72. The van der Waals surface area contributed by atoms with Crippen LogP contribution in [0.1, 0.15) is 33.1 Å². The number of aliphatic carboxylic acids is 1. The van der Waals surface area contributed by atoms with Crippen molar-refractivity contribution in [1.82, 2.24) is 9.97 Å².